The summed E-state index contributed by atoms with van der Waals surface area (Å²) in [4.78, 5) is 21.5. The smallest absolute Gasteiger partial charge is 0.350 e. The Bertz CT molecular complexity index is 585. The Labute approximate surface area is 115 Å². The van der Waals surface area contributed by atoms with E-state index in [0.29, 0.717) is 11.4 Å². The molecule has 7 heteroatoms. The average Bonchev–Trinajstić information content (AvgIpc) is 2.40. The maximum absolute atomic E-state index is 11.5. The van der Waals surface area contributed by atoms with Crippen molar-refractivity contribution in [1.29, 1.82) is 5.26 Å². The van der Waals surface area contributed by atoms with Gasteiger partial charge in [-0.25, -0.2) is 4.79 Å². The number of nitrogens with one attached hydrogen (secondary N) is 1. The van der Waals surface area contributed by atoms with Crippen LogP contribution in [0, 0.1) is 21.4 Å². The fourth-order valence-corrected chi connectivity index (χ4v) is 1.43. The fraction of sp³-hybridized carbons (Fsp3) is 0.231. The molecule has 0 aliphatic carbocycles. The van der Waals surface area contributed by atoms with Crippen molar-refractivity contribution in [3.05, 3.63) is 45.6 Å². The van der Waals surface area contributed by atoms with Crippen molar-refractivity contribution >= 4 is 17.3 Å². The zero-order valence-electron chi connectivity index (χ0n) is 11.0. The molecule has 20 heavy (non-hydrogen) atoms. The van der Waals surface area contributed by atoms with Gasteiger partial charge >= 0.3 is 5.97 Å². The molecule has 0 aliphatic heterocycles. The molecule has 0 aliphatic rings. The van der Waals surface area contributed by atoms with Gasteiger partial charge in [-0.3, -0.25) is 10.1 Å². The van der Waals surface area contributed by atoms with Crippen molar-refractivity contribution in [2.24, 2.45) is 0 Å². The number of anilines is 1. The molecule has 0 aromatic heterocycles. The molecule has 104 valence electrons. The third-order valence-corrected chi connectivity index (χ3v) is 2.38. The van der Waals surface area contributed by atoms with Crippen LogP contribution in [0.3, 0.4) is 0 Å². The fourth-order valence-electron chi connectivity index (χ4n) is 1.43. The standard InChI is InChI=1S/C13H13N3O4/c1-3-20-13(17)12(8-14)9(2)15-10-4-6-11(7-5-10)16(18)19/h4-7,15H,3H2,1-2H3. The van der Waals surface area contributed by atoms with E-state index < -0.39 is 10.9 Å². The summed E-state index contributed by atoms with van der Waals surface area (Å²) < 4.78 is 4.76. The van der Waals surface area contributed by atoms with Crippen LogP contribution >= 0.6 is 0 Å². The SMILES string of the molecule is CCOC(=O)C(C#N)=C(C)Nc1ccc([N+](=O)[O-])cc1. The molecule has 0 atom stereocenters. The van der Waals surface area contributed by atoms with Crippen LogP contribution in [0.2, 0.25) is 0 Å². The van der Waals surface area contributed by atoms with Crippen LogP contribution in [-0.2, 0) is 9.53 Å². The van der Waals surface area contributed by atoms with Crippen molar-refractivity contribution in [3.8, 4) is 6.07 Å². The molecule has 1 rings (SSSR count). The summed E-state index contributed by atoms with van der Waals surface area (Å²) in [6.45, 7) is 3.37. The Morgan fingerprint density at radius 3 is 2.50 bits per heavy atom. The maximum atomic E-state index is 11.5. The lowest BCUT2D eigenvalue weighted by Gasteiger charge is -2.08. The van der Waals surface area contributed by atoms with E-state index >= 15 is 0 Å². The molecule has 1 aromatic rings. The van der Waals surface area contributed by atoms with E-state index in [2.05, 4.69) is 5.32 Å². The number of nitro benzene ring substituents is 1. The largest absolute Gasteiger partial charge is 0.462 e. The van der Waals surface area contributed by atoms with Gasteiger partial charge in [-0.2, -0.15) is 5.26 Å². The van der Waals surface area contributed by atoms with Crippen LogP contribution in [0.5, 0.6) is 0 Å². The highest BCUT2D eigenvalue weighted by Crippen LogP contribution is 2.18. The van der Waals surface area contributed by atoms with Crippen molar-refractivity contribution < 1.29 is 14.5 Å². The summed E-state index contributed by atoms with van der Waals surface area (Å²) in [6.07, 6.45) is 0. The lowest BCUT2D eigenvalue weighted by atomic mass is 10.2. The number of benzene rings is 1. The van der Waals surface area contributed by atoms with Gasteiger partial charge in [0.15, 0.2) is 5.57 Å². The second-order valence-electron chi connectivity index (χ2n) is 3.76. The van der Waals surface area contributed by atoms with E-state index in [0.717, 1.165) is 0 Å². The van der Waals surface area contributed by atoms with Gasteiger partial charge in [0.05, 0.1) is 11.5 Å². The molecule has 0 amide bonds. The molecule has 0 saturated carbocycles. The summed E-state index contributed by atoms with van der Waals surface area (Å²) in [6, 6.07) is 7.40. The van der Waals surface area contributed by atoms with E-state index in [9.17, 15) is 14.9 Å². The van der Waals surface area contributed by atoms with E-state index in [1.807, 2.05) is 0 Å². The number of carbonyl (C=O) groups is 1. The first-order valence-electron chi connectivity index (χ1n) is 5.79. The van der Waals surface area contributed by atoms with Gasteiger partial charge in [0, 0.05) is 23.5 Å². The van der Waals surface area contributed by atoms with E-state index in [1.165, 1.54) is 24.3 Å². The van der Waals surface area contributed by atoms with Gasteiger partial charge in [-0.15, -0.1) is 0 Å². The second kappa shape index (κ2) is 6.89. The van der Waals surface area contributed by atoms with Gasteiger partial charge in [-0.05, 0) is 26.0 Å². The summed E-state index contributed by atoms with van der Waals surface area (Å²) in [5.74, 6) is -0.707. The molecule has 0 spiro atoms. The molecule has 0 heterocycles. The summed E-state index contributed by atoms with van der Waals surface area (Å²) in [7, 11) is 0. The Kier molecular flexibility index (Phi) is 5.23. The highest BCUT2D eigenvalue weighted by molar-refractivity contribution is 5.94. The van der Waals surface area contributed by atoms with Crippen LogP contribution in [-0.4, -0.2) is 17.5 Å². The van der Waals surface area contributed by atoms with Crippen molar-refractivity contribution in [1.82, 2.24) is 0 Å². The molecule has 0 fully saturated rings. The maximum Gasteiger partial charge on any atom is 0.350 e. The number of hydrogen-bond acceptors (Lipinski definition) is 6. The van der Waals surface area contributed by atoms with Crippen molar-refractivity contribution in [3.63, 3.8) is 0 Å². The van der Waals surface area contributed by atoms with Crippen molar-refractivity contribution in [2.45, 2.75) is 13.8 Å². The molecular formula is C13H13N3O4. The van der Waals surface area contributed by atoms with E-state index in [1.54, 1.807) is 19.9 Å². The van der Waals surface area contributed by atoms with E-state index in [4.69, 9.17) is 10.00 Å². The van der Waals surface area contributed by atoms with Crippen LogP contribution in [0.1, 0.15) is 13.8 Å². The predicted octanol–water partition coefficient (Wildman–Crippen LogP) is 2.37. The quantitative estimate of drug-likeness (QED) is 0.291. The van der Waals surface area contributed by atoms with Crippen molar-refractivity contribution in [2.75, 3.05) is 11.9 Å². The first kappa shape index (κ1) is 15.2. The Morgan fingerprint density at radius 2 is 2.05 bits per heavy atom. The normalized spacial score (nSPS) is 11.1. The number of allylic oxidation sites excluding steroid dienone is 1. The summed E-state index contributed by atoms with van der Waals surface area (Å²) >= 11 is 0. The Balaban J connectivity index is 2.93. The molecule has 1 aromatic carbocycles. The second-order valence-corrected chi connectivity index (χ2v) is 3.76. The average molecular weight is 275 g/mol. The highest BCUT2D eigenvalue weighted by atomic mass is 16.6. The number of nitrogens with zero attached hydrogens (tertiary/aromatic N) is 2. The number of nitriles is 1. The van der Waals surface area contributed by atoms with Crippen LogP contribution in [0.15, 0.2) is 35.5 Å². The summed E-state index contributed by atoms with van der Waals surface area (Å²) in [5, 5.41) is 22.3. The topological polar surface area (TPSA) is 105 Å². The molecule has 0 saturated heterocycles. The molecular weight excluding hydrogens is 262 g/mol. The molecule has 0 bridgehead atoms. The highest BCUT2D eigenvalue weighted by Gasteiger charge is 2.14. The predicted molar refractivity (Wildman–Crippen MR) is 71.7 cm³/mol. The van der Waals surface area contributed by atoms with Gasteiger partial charge in [0.1, 0.15) is 6.07 Å². The first-order valence-corrected chi connectivity index (χ1v) is 5.79. The molecule has 0 unspecified atom stereocenters. The molecule has 7 nitrogen and oxygen atoms in total. The van der Waals surface area contributed by atoms with Gasteiger partial charge in [0.25, 0.3) is 5.69 Å². The number of hydrogen-bond donors (Lipinski definition) is 1. The minimum absolute atomic E-state index is 0.0388. The first-order chi connectivity index (χ1) is 9.49. The third-order valence-electron chi connectivity index (χ3n) is 2.38. The van der Waals surface area contributed by atoms with Gasteiger partial charge in [-0.1, -0.05) is 0 Å². The number of nitro groups is 1. The van der Waals surface area contributed by atoms with Crippen LogP contribution in [0.4, 0.5) is 11.4 Å². The van der Waals surface area contributed by atoms with Gasteiger partial charge < -0.3 is 10.1 Å². The van der Waals surface area contributed by atoms with Crippen LogP contribution in [0.25, 0.3) is 0 Å². The monoisotopic (exact) mass is 275 g/mol. The molecule has 0 radical (unpaired) electrons. The lowest BCUT2D eigenvalue weighted by Crippen LogP contribution is -2.11. The van der Waals surface area contributed by atoms with Crippen LogP contribution < -0.4 is 5.32 Å². The zero-order valence-corrected chi connectivity index (χ0v) is 11.0. The zero-order chi connectivity index (χ0) is 15.1. The van der Waals surface area contributed by atoms with Gasteiger partial charge in [0.2, 0.25) is 0 Å². The minimum atomic E-state index is -0.707. The minimum Gasteiger partial charge on any atom is -0.462 e. The lowest BCUT2D eigenvalue weighted by molar-refractivity contribution is -0.384. The molecule has 1 N–H and O–H groups in total. The summed E-state index contributed by atoms with van der Waals surface area (Å²) in [5.41, 5.74) is 0.679. The number of ether oxygens (including phenoxy) is 1. The number of rotatable bonds is 5. The van der Waals surface area contributed by atoms with E-state index in [-0.39, 0.29) is 17.9 Å². The Morgan fingerprint density at radius 1 is 1.45 bits per heavy atom. The number of non-ortho nitro benzene ring substituents is 1. The third kappa shape index (κ3) is 3.81. The number of esters is 1. The Hall–Kier alpha value is -2.88. The number of carbonyl (C=O) groups excluding carboxylic acids is 1.